The summed E-state index contributed by atoms with van der Waals surface area (Å²) in [6.45, 7) is 1.53. The molecule has 1 saturated heterocycles. The predicted molar refractivity (Wildman–Crippen MR) is 95.5 cm³/mol. The average Bonchev–Trinajstić information content (AvgIpc) is 3.31. The zero-order valence-corrected chi connectivity index (χ0v) is 14.7. The summed E-state index contributed by atoms with van der Waals surface area (Å²) in [5.74, 6) is 1.28. The Morgan fingerprint density at radius 1 is 1.15 bits per heavy atom. The quantitative estimate of drug-likeness (QED) is 0.550. The SMILES string of the molecule is COc1ccc2nnc(C3CCN(c4nc5cc(F)ccc5o4)CC3)n2n1. The van der Waals surface area contributed by atoms with Crippen LogP contribution in [0.3, 0.4) is 0 Å². The number of nitrogens with zero attached hydrogens (tertiary/aromatic N) is 6. The summed E-state index contributed by atoms with van der Waals surface area (Å²) in [7, 11) is 1.59. The molecule has 138 valence electrons. The highest BCUT2D eigenvalue weighted by Gasteiger charge is 2.27. The number of hydrogen-bond acceptors (Lipinski definition) is 7. The first kappa shape index (κ1) is 16.0. The van der Waals surface area contributed by atoms with Crippen molar-refractivity contribution in [2.45, 2.75) is 18.8 Å². The maximum Gasteiger partial charge on any atom is 0.298 e. The largest absolute Gasteiger partial charge is 0.480 e. The van der Waals surface area contributed by atoms with E-state index in [1.54, 1.807) is 23.8 Å². The number of benzene rings is 1. The van der Waals surface area contributed by atoms with E-state index in [2.05, 4.69) is 25.2 Å². The number of ether oxygens (including phenoxy) is 1. The van der Waals surface area contributed by atoms with Gasteiger partial charge in [-0.1, -0.05) is 0 Å². The second kappa shape index (κ2) is 6.19. The van der Waals surface area contributed by atoms with E-state index in [1.807, 2.05) is 6.07 Å². The molecule has 0 amide bonds. The zero-order chi connectivity index (χ0) is 18.4. The molecule has 4 aromatic rings. The van der Waals surface area contributed by atoms with Crippen molar-refractivity contribution in [3.05, 3.63) is 42.0 Å². The molecule has 8 nitrogen and oxygen atoms in total. The maximum absolute atomic E-state index is 13.4. The Balaban J connectivity index is 1.36. The van der Waals surface area contributed by atoms with Crippen molar-refractivity contribution < 1.29 is 13.5 Å². The van der Waals surface area contributed by atoms with Crippen molar-refractivity contribution >= 4 is 22.8 Å². The number of aromatic nitrogens is 5. The second-order valence-corrected chi connectivity index (χ2v) is 6.57. The van der Waals surface area contributed by atoms with Gasteiger partial charge in [-0.3, -0.25) is 0 Å². The van der Waals surface area contributed by atoms with Crippen LogP contribution in [0, 0.1) is 5.82 Å². The number of rotatable bonds is 3. The number of methoxy groups -OCH3 is 1. The summed E-state index contributed by atoms with van der Waals surface area (Å²) in [4.78, 5) is 6.49. The van der Waals surface area contributed by atoms with E-state index in [4.69, 9.17) is 9.15 Å². The fourth-order valence-electron chi connectivity index (χ4n) is 3.50. The van der Waals surface area contributed by atoms with Crippen LogP contribution < -0.4 is 9.64 Å². The molecule has 0 spiro atoms. The molecule has 3 aromatic heterocycles. The number of halogens is 1. The lowest BCUT2D eigenvalue weighted by molar-refractivity contribution is 0.386. The van der Waals surface area contributed by atoms with Gasteiger partial charge >= 0.3 is 0 Å². The topological polar surface area (TPSA) is 81.6 Å². The van der Waals surface area contributed by atoms with Crippen molar-refractivity contribution in [3.8, 4) is 5.88 Å². The summed E-state index contributed by atoms with van der Waals surface area (Å²) >= 11 is 0. The molecule has 5 rings (SSSR count). The lowest BCUT2D eigenvalue weighted by Gasteiger charge is -2.29. The molecule has 1 aromatic carbocycles. The van der Waals surface area contributed by atoms with Gasteiger partial charge in [-0.25, -0.2) is 4.39 Å². The van der Waals surface area contributed by atoms with E-state index in [1.165, 1.54) is 12.1 Å². The van der Waals surface area contributed by atoms with Gasteiger partial charge in [-0.05, 0) is 31.0 Å². The number of fused-ring (bicyclic) bond motifs is 2. The van der Waals surface area contributed by atoms with Gasteiger partial charge in [-0.15, -0.1) is 15.3 Å². The van der Waals surface area contributed by atoms with Crippen molar-refractivity contribution in [2.75, 3.05) is 25.1 Å². The van der Waals surface area contributed by atoms with E-state index < -0.39 is 0 Å². The van der Waals surface area contributed by atoms with Crippen LogP contribution in [0.2, 0.25) is 0 Å². The van der Waals surface area contributed by atoms with Gasteiger partial charge in [0.15, 0.2) is 17.1 Å². The minimum absolute atomic E-state index is 0.234. The van der Waals surface area contributed by atoms with E-state index in [0.29, 0.717) is 28.6 Å². The second-order valence-electron chi connectivity index (χ2n) is 6.57. The summed E-state index contributed by atoms with van der Waals surface area (Å²) in [6, 6.07) is 8.51. The Bertz CT molecular complexity index is 1120. The first-order valence-electron chi connectivity index (χ1n) is 8.78. The molecule has 0 atom stereocenters. The maximum atomic E-state index is 13.4. The average molecular weight is 368 g/mol. The Kier molecular flexibility index (Phi) is 3.66. The fourth-order valence-corrected chi connectivity index (χ4v) is 3.50. The van der Waals surface area contributed by atoms with Gasteiger partial charge in [0.1, 0.15) is 11.3 Å². The fraction of sp³-hybridized carbons (Fsp3) is 0.333. The highest BCUT2D eigenvalue weighted by Crippen LogP contribution is 2.31. The van der Waals surface area contributed by atoms with Crippen LogP contribution in [0.25, 0.3) is 16.7 Å². The van der Waals surface area contributed by atoms with Crippen LogP contribution >= 0.6 is 0 Å². The molecule has 0 aliphatic carbocycles. The van der Waals surface area contributed by atoms with E-state index in [-0.39, 0.29) is 11.7 Å². The van der Waals surface area contributed by atoms with E-state index in [9.17, 15) is 4.39 Å². The summed E-state index contributed by atoms with van der Waals surface area (Å²) in [5, 5.41) is 13.0. The van der Waals surface area contributed by atoms with Crippen molar-refractivity contribution in [3.63, 3.8) is 0 Å². The Morgan fingerprint density at radius 2 is 2.00 bits per heavy atom. The van der Waals surface area contributed by atoms with Crippen LogP contribution in [0.5, 0.6) is 5.88 Å². The number of hydrogen-bond donors (Lipinski definition) is 0. The minimum atomic E-state index is -0.317. The third-order valence-electron chi connectivity index (χ3n) is 4.94. The normalized spacial score (nSPS) is 15.7. The molecule has 27 heavy (non-hydrogen) atoms. The van der Waals surface area contributed by atoms with Crippen LogP contribution in [0.4, 0.5) is 10.4 Å². The number of piperidine rings is 1. The predicted octanol–water partition coefficient (Wildman–Crippen LogP) is 2.80. The zero-order valence-electron chi connectivity index (χ0n) is 14.7. The molecule has 4 heterocycles. The first-order chi connectivity index (χ1) is 13.2. The third-order valence-corrected chi connectivity index (χ3v) is 4.94. The van der Waals surface area contributed by atoms with Gasteiger partial charge in [0.2, 0.25) is 5.88 Å². The Labute approximate surface area is 153 Å². The molecule has 9 heteroatoms. The van der Waals surface area contributed by atoms with Gasteiger partial charge in [-0.2, -0.15) is 9.50 Å². The Hall–Kier alpha value is -3.23. The molecular formula is C18H17FN6O2. The number of oxazole rings is 1. The van der Waals surface area contributed by atoms with Crippen LogP contribution in [-0.4, -0.2) is 45.0 Å². The van der Waals surface area contributed by atoms with Crippen LogP contribution in [0.15, 0.2) is 34.7 Å². The van der Waals surface area contributed by atoms with Crippen LogP contribution in [0.1, 0.15) is 24.6 Å². The Morgan fingerprint density at radius 3 is 2.81 bits per heavy atom. The lowest BCUT2D eigenvalue weighted by atomic mass is 9.96. The molecule has 0 unspecified atom stereocenters. The van der Waals surface area contributed by atoms with Gasteiger partial charge in [0, 0.05) is 31.1 Å². The summed E-state index contributed by atoms with van der Waals surface area (Å²) in [6.07, 6.45) is 1.74. The summed E-state index contributed by atoms with van der Waals surface area (Å²) < 4.78 is 26.1. The molecule has 0 radical (unpaired) electrons. The van der Waals surface area contributed by atoms with E-state index in [0.717, 1.165) is 31.8 Å². The smallest absolute Gasteiger partial charge is 0.298 e. The van der Waals surface area contributed by atoms with Crippen molar-refractivity contribution in [1.29, 1.82) is 0 Å². The highest BCUT2D eigenvalue weighted by molar-refractivity contribution is 5.74. The lowest BCUT2D eigenvalue weighted by Crippen LogP contribution is -2.33. The first-order valence-corrected chi connectivity index (χ1v) is 8.78. The van der Waals surface area contributed by atoms with Crippen molar-refractivity contribution in [2.24, 2.45) is 0 Å². The standard InChI is InChI=1S/C18H17FN6O2/c1-26-16-5-4-15-21-22-17(25(15)23-16)11-6-8-24(9-7-11)18-20-13-10-12(19)2-3-14(13)27-18/h2-5,10-11H,6-9H2,1H3. The minimum Gasteiger partial charge on any atom is -0.480 e. The molecular weight excluding hydrogens is 351 g/mol. The molecule has 0 N–H and O–H groups in total. The number of anilines is 1. The third kappa shape index (κ3) is 2.75. The van der Waals surface area contributed by atoms with Crippen LogP contribution in [-0.2, 0) is 0 Å². The molecule has 1 aliphatic heterocycles. The molecule has 0 bridgehead atoms. The van der Waals surface area contributed by atoms with Gasteiger partial charge < -0.3 is 14.1 Å². The van der Waals surface area contributed by atoms with Gasteiger partial charge in [0.25, 0.3) is 6.01 Å². The van der Waals surface area contributed by atoms with Crippen molar-refractivity contribution in [1.82, 2.24) is 24.8 Å². The van der Waals surface area contributed by atoms with E-state index >= 15 is 0 Å². The molecule has 1 fully saturated rings. The van der Waals surface area contributed by atoms with Gasteiger partial charge in [0.05, 0.1) is 7.11 Å². The molecule has 1 aliphatic rings. The highest BCUT2D eigenvalue weighted by atomic mass is 19.1. The summed E-state index contributed by atoms with van der Waals surface area (Å²) in [5.41, 5.74) is 1.83. The molecule has 0 saturated carbocycles. The monoisotopic (exact) mass is 368 g/mol.